The van der Waals surface area contributed by atoms with E-state index >= 15 is 0 Å². The number of hydrogen-bond acceptors (Lipinski definition) is 3. The summed E-state index contributed by atoms with van der Waals surface area (Å²) in [5.41, 5.74) is 4.15. The molecule has 124 valence electrons. The van der Waals surface area contributed by atoms with Gasteiger partial charge in [-0.25, -0.2) is 0 Å². The zero-order valence-electron chi connectivity index (χ0n) is 13.8. The predicted octanol–water partition coefficient (Wildman–Crippen LogP) is 2.15. The first-order chi connectivity index (χ1) is 11.6. The number of hydrogen-bond donors (Lipinski definition) is 3. The SMILES string of the molecule is Cc1cc2cc(NC(=O)[C@H]3CNC[C@@H]3c3cnn(C)c3)ccc2[nH]1. The van der Waals surface area contributed by atoms with Crippen molar-refractivity contribution in [1.29, 1.82) is 0 Å². The number of carbonyl (C=O) groups excluding carboxylic acids is 1. The maximum absolute atomic E-state index is 12.8. The largest absolute Gasteiger partial charge is 0.359 e. The van der Waals surface area contributed by atoms with Crippen molar-refractivity contribution in [2.24, 2.45) is 13.0 Å². The number of nitrogens with zero attached hydrogens (tertiary/aromatic N) is 2. The number of fused-ring (bicyclic) bond motifs is 1. The Bertz CT molecular complexity index is 894. The molecule has 0 spiro atoms. The minimum atomic E-state index is -0.0853. The highest BCUT2D eigenvalue weighted by atomic mass is 16.1. The highest BCUT2D eigenvalue weighted by Gasteiger charge is 2.34. The molecule has 4 rings (SSSR count). The molecule has 1 aliphatic rings. The summed E-state index contributed by atoms with van der Waals surface area (Å²) in [7, 11) is 1.90. The Kier molecular flexibility index (Phi) is 3.61. The van der Waals surface area contributed by atoms with Gasteiger partial charge in [0.05, 0.1) is 12.1 Å². The highest BCUT2D eigenvalue weighted by molar-refractivity contribution is 5.96. The fourth-order valence-electron chi connectivity index (χ4n) is 3.53. The van der Waals surface area contributed by atoms with Gasteiger partial charge in [-0.3, -0.25) is 9.48 Å². The molecule has 1 fully saturated rings. The van der Waals surface area contributed by atoms with E-state index in [4.69, 9.17) is 0 Å². The van der Waals surface area contributed by atoms with E-state index in [-0.39, 0.29) is 17.7 Å². The van der Waals surface area contributed by atoms with Crippen LogP contribution in [-0.4, -0.2) is 33.8 Å². The first-order valence-electron chi connectivity index (χ1n) is 8.19. The van der Waals surface area contributed by atoms with E-state index in [0.29, 0.717) is 6.54 Å². The Hall–Kier alpha value is -2.60. The number of benzene rings is 1. The molecule has 6 nitrogen and oxygen atoms in total. The van der Waals surface area contributed by atoms with Crippen LogP contribution in [0, 0.1) is 12.8 Å². The number of H-pyrrole nitrogens is 1. The van der Waals surface area contributed by atoms with E-state index in [1.54, 1.807) is 4.68 Å². The summed E-state index contributed by atoms with van der Waals surface area (Å²) in [5, 5.41) is 11.7. The first-order valence-corrected chi connectivity index (χ1v) is 8.19. The van der Waals surface area contributed by atoms with Crippen molar-refractivity contribution < 1.29 is 4.79 Å². The third kappa shape index (κ3) is 2.69. The van der Waals surface area contributed by atoms with Crippen LogP contribution in [0.3, 0.4) is 0 Å². The molecule has 0 radical (unpaired) electrons. The van der Waals surface area contributed by atoms with E-state index < -0.39 is 0 Å². The Balaban J connectivity index is 1.53. The van der Waals surface area contributed by atoms with Crippen molar-refractivity contribution in [2.75, 3.05) is 18.4 Å². The summed E-state index contributed by atoms with van der Waals surface area (Å²) in [6.45, 7) is 3.53. The van der Waals surface area contributed by atoms with Crippen LogP contribution < -0.4 is 10.6 Å². The fraction of sp³-hybridized carbons (Fsp3) is 0.333. The number of rotatable bonds is 3. The van der Waals surface area contributed by atoms with Gasteiger partial charge in [0.25, 0.3) is 0 Å². The Morgan fingerprint density at radius 3 is 3.00 bits per heavy atom. The lowest BCUT2D eigenvalue weighted by atomic mass is 9.90. The summed E-state index contributed by atoms with van der Waals surface area (Å²) in [4.78, 5) is 16.1. The number of anilines is 1. The molecule has 0 aliphatic carbocycles. The second-order valence-corrected chi connectivity index (χ2v) is 6.56. The summed E-state index contributed by atoms with van der Waals surface area (Å²) in [6, 6.07) is 8.04. The summed E-state index contributed by atoms with van der Waals surface area (Å²) in [6.07, 6.45) is 3.85. The Morgan fingerprint density at radius 2 is 2.21 bits per heavy atom. The molecule has 6 heteroatoms. The molecular formula is C18H21N5O. The molecule has 3 heterocycles. The van der Waals surface area contributed by atoms with E-state index in [1.165, 1.54) is 0 Å². The predicted molar refractivity (Wildman–Crippen MR) is 94.0 cm³/mol. The highest BCUT2D eigenvalue weighted by Crippen LogP contribution is 2.29. The van der Waals surface area contributed by atoms with E-state index in [1.807, 2.05) is 44.6 Å². The van der Waals surface area contributed by atoms with Crippen molar-refractivity contribution in [3.05, 3.63) is 47.9 Å². The zero-order chi connectivity index (χ0) is 16.7. The third-order valence-electron chi connectivity index (χ3n) is 4.73. The Morgan fingerprint density at radius 1 is 1.33 bits per heavy atom. The lowest BCUT2D eigenvalue weighted by Gasteiger charge is -2.17. The number of carbonyl (C=O) groups is 1. The average Bonchev–Trinajstić information content (AvgIpc) is 3.24. The van der Waals surface area contributed by atoms with Crippen LogP contribution in [0.1, 0.15) is 17.2 Å². The van der Waals surface area contributed by atoms with Gasteiger partial charge in [0, 0.05) is 54.5 Å². The summed E-state index contributed by atoms with van der Waals surface area (Å²) >= 11 is 0. The maximum atomic E-state index is 12.8. The van der Waals surface area contributed by atoms with Crippen LogP contribution in [0.5, 0.6) is 0 Å². The van der Waals surface area contributed by atoms with Crippen LogP contribution in [0.2, 0.25) is 0 Å². The molecule has 0 unspecified atom stereocenters. The van der Waals surface area contributed by atoms with Gasteiger partial charge < -0.3 is 15.6 Å². The number of nitrogens with one attached hydrogen (secondary N) is 3. The molecule has 2 aromatic heterocycles. The number of aryl methyl sites for hydroxylation is 2. The van der Waals surface area contributed by atoms with Crippen LogP contribution in [0.15, 0.2) is 36.7 Å². The van der Waals surface area contributed by atoms with Crippen LogP contribution in [0.4, 0.5) is 5.69 Å². The smallest absolute Gasteiger partial charge is 0.229 e. The van der Waals surface area contributed by atoms with Gasteiger partial charge in [-0.05, 0) is 36.8 Å². The first kappa shape index (κ1) is 15.0. The number of aromatic amines is 1. The van der Waals surface area contributed by atoms with Crippen molar-refractivity contribution in [1.82, 2.24) is 20.1 Å². The maximum Gasteiger partial charge on any atom is 0.229 e. The molecule has 1 amide bonds. The molecule has 3 N–H and O–H groups in total. The van der Waals surface area contributed by atoms with Crippen molar-refractivity contribution in [2.45, 2.75) is 12.8 Å². The van der Waals surface area contributed by atoms with Gasteiger partial charge in [0.1, 0.15) is 0 Å². The van der Waals surface area contributed by atoms with Gasteiger partial charge in [-0.2, -0.15) is 5.10 Å². The molecule has 1 saturated heterocycles. The van der Waals surface area contributed by atoms with Crippen molar-refractivity contribution in [3.63, 3.8) is 0 Å². The van der Waals surface area contributed by atoms with Crippen LogP contribution in [-0.2, 0) is 11.8 Å². The topological polar surface area (TPSA) is 74.7 Å². The van der Waals surface area contributed by atoms with Crippen LogP contribution in [0.25, 0.3) is 10.9 Å². The van der Waals surface area contributed by atoms with E-state index in [2.05, 4.69) is 26.8 Å². The zero-order valence-corrected chi connectivity index (χ0v) is 13.8. The minimum absolute atomic E-state index is 0.0560. The minimum Gasteiger partial charge on any atom is -0.359 e. The van der Waals surface area contributed by atoms with Gasteiger partial charge in [0.2, 0.25) is 5.91 Å². The van der Waals surface area contributed by atoms with Gasteiger partial charge >= 0.3 is 0 Å². The summed E-state index contributed by atoms with van der Waals surface area (Å²) in [5.74, 6) is 0.134. The average molecular weight is 323 g/mol. The van der Waals surface area contributed by atoms with Crippen molar-refractivity contribution >= 4 is 22.5 Å². The molecule has 1 aromatic carbocycles. The second kappa shape index (κ2) is 5.79. The molecule has 2 atom stereocenters. The molecule has 3 aromatic rings. The fourth-order valence-corrected chi connectivity index (χ4v) is 3.53. The molecule has 1 aliphatic heterocycles. The molecular weight excluding hydrogens is 302 g/mol. The number of amides is 1. The lowest BCUT2D eigenvalue weighted by molar-refractivity contribution is -0.119. The normalized spacial score (nSPS) is 20.6. The summed E-state index contributed by atoms with van der Waals surface area (Å²) < 4.78 is 1.78. The van der Waals surface area contributed by atoms with Crippen molar-refractivity contribution in [3.8, 4) is 0 Å². The molecule has 24 heavy (non-hydrogen) atoms. The third-order valence-corrected chi connectivity index (χ3v) is 4.73. The van der Waals surface area contributed by atoms with Gasteiger partial charge in [-0.15, -0.1) is 0 Å². The second-order valence-electron chi connectivity index (χ2n) is 6.56. The quantitative estimate of drug-likeness (QED) is 0.691. The van der Waals surface area contributed by atoms with Gasteiger partial charge in [-0.1, -0.05) is 0 Å². The lowest BCUT2D eigenvalue weighted by Crippen LogP contribution is -2.28. The Labute approximate surface area is 140 Å². The van der Waals surface area contributed by atoms with Crippen LogP contribution >= 0.6 is 0 Å². The van der Waals surface area contributed by atoms with E-state index in [9.17, 15) is 4.79 Å². The van der Waals surface area contributed by atoms with E-state index in [0.717, 1.165) is 34.4 Å². The molecule has 0 bridgehead atoms. The standard InChI is InChI=1S/C18H21N5O/c1-11-5-12-6-14(3-4-17(12)21-11)22-18(24)16-9-19-8-15(16)13-7-20-23(2)10-13/h3-7,10,15-16,19,21H,8-9H2,1-2H3,(H,22,24)/t15-,16+/m1/s1. The molecule has 0 saturated carbocycles. The monoisotopic (exact) mass is 323 g/mol. The van der Waals surface area contributed by atoms with Gasteiger partial charge in [0.15, 0.2) is 0 Å². The number of aromatic nitrogens is 3.